The molecule has 0 N–H and O–H groups in total. The summed E-state index contributed by atoms with van der Waals surface area (Å²) in [5.41, 5.74) is 8.05. The Morgan fingerprint density at radius 3 is 1.20 bits per heavy atom. The molecule has 2 aromatic rings. The standard InChI is InChI=1S/C20H18/c1-3-17-18(4-2)20(16-13-9-6-10-14-16)19(17)15-11-7-5-8-12-15/h3-14H,1-2H3/b17-3-,18-4+. The van der Waals surface area contributed by atoms with E-state index in [1.54, 1.807) is 0 Å². The first-order valence-corrected chi connectivity index (χ1v) is 7.05. The van der Waals surface area contributed by atoms with E-state index in [0.717, 1.165) is 0 Å². The van der Waals surface area contributed by atoms with Crippen molar-refractivity contribution in [1.82, 2.24) is 0 Å². The van der Waals surface area contributed by atoms with Gasteiger partial charge in [-0.1, -0.05) is 72.8 Å². The van der Waals surface area contributed by atoms with Crippen molar-refractivity contribution in [3.05, 3.63) is 95.1 Å². The second-order valence-electron chi connectivity index (χ2n) is 4.89. The molecule has 0 unspecified atom stereocenters. The molecule has 3 rings (SSSR count). The minimum absolute atomic E-state index is 1.30. The third-order valence-corrected chi connectivity index (χ3v) is 3.78. The first-order chi connectivity index (χ1) is 9.86. The van der Waals surface area contributed by atoms with Crippen LogP contribution in [0.1, 0.15) is 25.0 Å². The molecular formula is C20H18. The molecular weight excluding hydrogens is 240 g/mol. The Morgan fingerprint density at radius 2 is 0.900 bits per heavy atom. The van der Waals surface area contributed by atoms with Gasteiger partial charge in [-0.3, -0.25) is 0 Å². The number of hydrogen-bond acceptors (Lipinski definition) is 0. The van der Waals surface area contributed by atoms with Crippen LogP contribution in [-0.4, -0.2) is 0 Å². The van der Waals surface area contributed by atoms with Crippen LogP contribution in [0.3, 0.4) is 0 Å². The van der Waals surface area contributed by atoms with Gasteiger partial charge in [0.15, 0.2) is 0 Å². The van der Waals surface area contributed by atoms with E-state index in [1.807, 2.05) is 0 Å². The van der Waals surface area contributed by atoms with Gasteiger partial charge in [-0.2, -0.15) is 0 Å². The predicted octanol–water partition coefficient (Wildman–Crippen LogP) is 5.50. The Balaban J connectivity index is 2.25. The molecule has 0 saturated carbocycles. The van der Waals surface area contributed by atoms with Gasteiger partial charge < -0.3 is 0 Å². The third-order valence-electron chi connectivity index (χ3n) is 3.78. The Bertz CT molecular complexity index is 635. The molecule has 0 spiro atoms. The topological polar surface area (TPSA) is 0 Å². The highest BCUT2D eigenvalue weighted by molar-refractivity contribution is 6.18. The lowest BCUT2D eigenvalue weighted by Crippen LogP contribution is -2.11. The van der Waals surface area contributed by atoms with Crippen LogP contribution in [-0.2, 0) is 0 Å². The largest absolute Gasteiger partial charge is 0.0791 e. The van der Waals surface area contributed by atoms with Crippen LogP contribution in [0.25, 0.3) is 11.1 Å². The molecule has 0 aromatic heterocycles. The summed E-state index contributed by atoms with van der Waals surface area (Å²) >= 11 is 0. The molecule has 2 aromatic carbocycles. The zero-order valence-corrected chi connectivity index (χ0v) is 11.9. The SMILES string of the molecule is C/C=C1C(c2ccccc2)=C(c2ccccc2)C\1=C\C. The Labute approximate surface area is 120 Å². The summed E-state index contributed by atoms with van der Waals surface area (Å²) in [6.07, 6.45) is 4.42. The van der Waals surface area contributed by atoms with E-state index in [4.69, 9.17) is 0 Å². The maximum Gasteiger partial charge on any atom is -0.00239 e. The molecule has 0 aliphatic heterocycles. The minimum atomic E-state index is 1.30. The maximum atomic E-state index is 2.21. The molecule has 1 aliphatic carbocycles. The molecule has 0 amide bonds. The van der Waals surface area contributed by atoms with Crippen molar-refractivity contribution in [1.29, 1.82) is 0 Å². The highest BCUT2D eigenvalue weighted by atomic mass is 14.3. The fourth-order valence-corrected chi connectivity index (χ4v) is 2.89. The van der Waals surface area contributed by atoms with E-state index in [1.165, 1.54) is 33.4 Å². The summed E-state index contributed by atoms with van der Waals surface area (Å²) in [6, 6.07) is 21.3. The average molecular weight is 258 g/mol. The van der Waals surface area contributed by atoms with Crippen LogP contribution in [0, 0.1) is 0 Å². The minimum Gasteiger partial charge on any atom is -0.0791 e. The van der Waals surface area contributed by atoms with E-state index in [-0.39, 0.29) is 0 Å². The van der Waals surface area contributed by atoms with Crippen molar-refractivity contribution in [2.75, 3.05) is 0 Å². The molecule has 0 radical (unpaired) electrons. The lowest BCUT2D eigenvalue weighted by atomic mass is 9.71. The van der Waals surface area contributed by atoms with Gasteiger partial charge in [0.1, 0.15) is 0 Å². The van der Waals surface area contributed by atoms with Gasteiger partial charge in [0.05, 0.1) is 0 Å². The average Bonchev–Trinajstić information content (AvgIpc) is 2.49. The monoisotopic (exact) mass is 258 g/mol. The Kier molecular flexibility index (Phi) is 3.39. The second kappa shape index (κ2) is 5.34. The van der Waals surface area contributed by atoms with Crippen molar-refractivity contribution >= 4 is 11.1 Å². The second-order valence-corrected chi connectivity index (χ2v) is 4.89. The quantitative estimate of drug-likeness (QED) is 0.667. The first kappa shape index (κ1) is 12.7. The lowest BCUT2D eigenvalue weighted by Gasteiger charge is -2.32. The normalized spacial score (nSPS) is 18.5. The van der Waals surface area contributed by atoms with E-state index < -0.39 is 0 Å². The summed E-state index contributed by atoms with van der Waals surface area (Å²) < 4.78 is 0. The predicted molar refractivity (Wildman–Crippen MR) is 87.2 cm³/mol. The van der Waals surface area contributed by atoms with Gasteiger partial charge in [0, 0.05) is 0 Å². The summed E-state index contributed by atoms with van der Waals surface area (Å²) in [5, 5.41) is 0. The molecule has 0 atom stereocenters. The van der Waals surface area contributed by atoms with E-state index in [0.29, 0.717) is 0 Å². The van der Waals surface area contributed by atoms with Gasteiger partial charge >= 0.3 is 0 Å². The zero-order chi connectivity index (χ0) is 13.9. The molecule has 20 heavy (non-hydrogen) atoms. The van der Waals surface area contributed by atoms with Crippen LogP contribution in [0.4, 0.5) is 0 Å². The zero-order valence-electron chi connectivity index (χ0n) is 11.9. The van der Waals surface area contributed by atoms with Crippen LogP contribution >= 0.6 is 0 Å². The van der Waals surface area contributed by atoms with Crippen LogP contribution in [0.2, 0.25) is 0 Å². The molecule has 1 aliphatic rings. The summed E-state index contributed by atoms with van der Waals surface area (Å²) in [6.45, 7) is 4.23. The fraction of sp³-hybridized carbons (Fsp3) is 0.100. The number of benzene rings is 2. The van der Waals surface area contributed by atoms with Crippen LogP contribution < -0.4 is 0 Å². The van der Waals surface area contributed by atoms with Gasteiger partial charge in [0.25, 0.3) is 0 Å². The van der Waals surface area contributed by atoms with E-state index in [9.17, 15) is 0 Å². The molecule has 0 bridgehead atoms. The lowest BCUT2D eigenvalue weighted by molar-refractivity contribution is 1.39. The van der Waals surface area contributed by atoms with E-state index >= 15 is 0 Å². The highest BCUT2D eigenvalue weighted by Crippen LogP contribution is 2.50. The van der Waals surface area contributed by atoms with Gasteiger partial charge in [-0.15, -0.1) is 0 Å². The Hall–Kier alpha value is -2.34. The fourth-order valence-electron chi connectivity index (χ4n) is 2.89. The first-order valence-electron chi connectivity index (χ1n) is 7.05. The number of allylic oxidation sites excluding steroid dienone is 6. The molecule has 0 nitrogen and oxygen atoms in total. The van der Waals surface area contributed by atoms with Crippen molar-refractivity contribution in [3.63, 3.8) is 0 Å². The molecule has 98 valence electrons. The highest BCUT2D eigenvalue weighted by Gasteiger charge is 2.29. The van der Waals surface area contributed by atoms with E-state index in [2.05, 4.69) is 86.7 Å². The van der Waals surface area contributed by atoms with Crippen LogP contribution in [0.5, 0.6) is 0 Å². The Morgan fingerprint density at radius 1 is 0.550 bits per heavy atom. The summed E-state index contributed by atoms with van der Waals surface area (Å²) in [7, 11) is 0. The maximum absolute atomic E-state index is 2.21. The van der Waals surface area contributed by atoms with Crippen molar-refractivity contribution < 1.29 is 0 Å². The van der Waals surface area contributed by atoms with Crippen molar-refractivity contribution in [3.8, 4) is 0 Å². The van der Waals surface area contributed by atoms with Crippen LogP contribution in [0.15, 0.2) is 84.0 Å². The van der Waals surface area contributed by atoms with Gasteiger partial charge in [-0.25, -0.2) is 0 Å². The molecule has 0 heteroatoms. The number of hydrogen-bond donors (Lipinski definition) is 0. The molecule has 0 heterocycles. The van der Waals surface area contributed by atoms with Gasteiger partial charge in [-0.05, 0) is 47.3 Å². The van der Waals surface area contributed by atoms with Gasteiger partial charge in [0.2, 0.25) is 0 Å². The molecule has 0 fully saturated rings. The third kappa shape index (κ3) is 1.94. The summed E-state index contributed by atoms with van der Waals surface area (Å²) in [4.78, 5) is 0. The van der Waals surface area contributed by atoms with Crippen molar-refractivity contribution in [2.24, 2.45) is 0 Å². The summed E-state index contributed by atoms with van der Waals surface area (Å²) in [5.74, 6) is 0. The number of rotatable bonds is 2. The van der Waals surface area contributed by atoms with Crippen molar-refractivity contribution in [2.45, 2.75) is 13.8 Å². The smallest absolute Gasteiger partial charge is 0.00239 e. The molecule has 0 saturated heterocycles.